The molecule has 0 spiro atoms. The van der Waals surface area contributed by atoms with Gasteiger partial charge in [0.15, 0.2) is 0 Å². The minimum atomic E-state index is 0.733. The molecule has 2 rings (SSSR count). The van der Waals surface area contributed by atoms with Crippen molar-refractivity contribution in [1.82, 2.24) is 0 Å². The van der Waals surface area contributed by atoms with Gasteiger partial charge in [-0.25, -0.2) is 0 Å². The molecule has 0 aliphatic carbocycles. The second-order valence-electron chi connectivity index (χ2n) is 3.76. The summed E-state index contributed by atoms with van der Waals surface area (Å²) < 4.78 is 0. The van der Waals surface area contributed by atoms with Gasteiger partial charge in [-0.05, 0) is 34.9 Å². The Bertz CT molecular complexity index is 520. The zero-order valence-electron chi connectivity index (χ0n) is 8.83. The lowest BCUT2D eigenvalue weighted by molar-refractivity contribution is 0.924. The van der Waals surface area contributed by atoms with E-state index in [1.165, 1.54) is 16.3 Å². The van der Waals surface area contributed by atoms with Crippen LogP contribution in [0, 0.1) is 11.3 Å². The SMILES string of the molecule is CCCc1ccc2ccc(C#N)cc2c1. The highest BCUT2D eigenvalue weighted by atomic mass is 14.2. The summed E-state index contributed by atoms with van der Waals surface area (Å²) in [5.41, 5.74) is 2.08. The molecule has 0 N–H and O–H groups in total. The van der Waals surface area contributed by atoms with E-state index in [0.717, 1.165) is 18.4 Å². The summed E-state index contributed by atoms with van der Waals surface area (Å²) in [5.74, 6) is 0. The molecule has 1 nitrogen and oxygen atoms in total. The van der Waals surface area contributed by atoms with Crippen molar-refractivity contribution < 1.29 is 0 Å². The van der Waals surface area contributed by atoms with E-state index < -0.39 is 0 Å². The number of hydrogen-bond acceptors (Lipinski definition) is 1. The Kier molecular flexibility index (Phi) is 2.69. The van der Waals surface area contributed by atoms with E-state index >= 15 is 0 Å². The van der Waals surface area contributed by atoms with Gasteiger partial charge in [0.05, 0.1) is 11.6 Å². The first-order chi connectivity index (χ1) is 7.33. The molecular formula is C14H13N. The van der Waals surface area contributed by atoms with Gasteiger partial charge in [0.1, 0.15) is 0 Å². The normalized spacial score (nSPS) is 10.1. The molecule has 0 bridgehead atoms. The van der Waals surface area contributed by atoms with Crippen molar-refractivity contribution in [2.75, 3.05) is 0 Å². The highest BCUT2D eigenvalue weighted by molar-refractivity contribution is 5.84. The van der Waals surface area contributed by atoms with Crippen LogP contribution < -0.4 is 0 Å². The van der Waals surface area contributed by atoms with Gasteiger partial charge in [0.2, 0.25) is 0 Å². The average molecular weight is 195 g/mol. The number of hydrogen-bond donors (Lipinski definition) is 0. The topological polar surface area (TPSA) is 23.8 Å². The molecule has 2 aromatic carbocycles. The summed E-state index contributed by atoms with van der Waals surface area (Å²) in [6.07, 6.45) is 2.26. The summed E-state index contributed by atoms with van der Waals surface area (Å²) in [7, 11) is 0. The quantitative estimate of drug-likeness (QED) is 0.717. The van der Waals surface area contributed by atoms with Crippen LogP contribution in [0.2, 0.25) is 0 Å². The molecule has 0 saturated carbocycles. The Hall–Kier alpha value is -1.81. The average Bonchev–Trinajstić information content (AvgIpc) is 2.28. The van der Waals surface area contributed by atoms with E-state index in [9.17, 15) is 0 Å². The number of nitriles is 1. The summed E-state index contributed by atoms with van der Waals surface area (Å²) >= 11 is 0. The van der Waals surface area contributed by atoms with Gasteiger partial charge in [0, 0.05) is 0 Å². The first-order valence-electron chi connectivity index (χ1n) is 5.26. The van der Waals surface area contributed by atoms with E-state index in [4.69, 9.17) is 5.26 Å². The maximum Gasteiger partial charge on any atom is 0.0991 e. The third kappa shape index (κ3) is 1.99. The van der Waals surface area contributed by atoms with Gasteiger partial charge in [0.25, 0.3) is 0 Å². The van der Waals surface area contributed by atoms with E-state index in [1.54, 1.807) is 0 Å². The fourth-order valence-corrected chi connectivity index (χ4v) is 1.81. The van der Waals surface area contributed by atoms with Crippen LogP contribution in [-0.2, 0) is 6.42 Å². The fourth-order valence-electron chi connectivity index (χ4n) is 1.81. The highest BCUT2D eigenvalue weighted by Gasteiger charge is 1.97. The minimum absolute atomic E-state index is 0.733. The van der Waals surface area contributed by atoms with Crippen LogP contribution in [0.25, 0.3) is 10.8 Å². The van der Waals surface area contributed by atoms with Crippen molar-refractivity contribution in [1.29, 1.82) is 5.26 Å². The second-order valence-corrected chi connectivity index (χ2v) is 3.76. The smallest absolute Gasteiger partial charge is 0.0991 e. The molecule has 0 heterocycles. The van der Waals surface area contributed by atoms with Crippen LogP contribution in [-0.4, -0.2) is 0 Å². The molecule has 0 aromatic heterocycles. The van der Waals surface area contributed by atoms with E-state index in [0.29, 0.717) is 0 Å². The zero-order valence-corrected chi connectivity index (χ0v) is 8.83. The van der Waals surface area contributed by atoms with E-state index in [1.807, 2.05) is 18.2 Å². The van der Waals surface area contributed by atoms with Gasteiger partial charge < -0.3 is 0 Å². The Morgan fingerprint density at radius 1 is 1.07 bits per heavy atom. The standard InChI is InChI=1S/C14H13N/c1-2-3-11-4-6-13-7-5-12(10-15)9-14(13)8-11/h4-9H,2-3H2,1H3. The number of fused-ring (bicyclic) bond motifs is 1. The zero-order chi connectivity index (χ0) is 10.7. The van der Waals surface area contributed by atoms with E-state index in [-0.39, 0.29) is 0 Å². The van der Waals surface area contributed by atoms with Gasteiger partial charge >= 0.3 is 0 Å². The van der Waals surface area contributed by atoms with Crippen molar-refractivity contribution >= 4 is 10.8 Å². The van der Waals surface area contributed by atoms with Gasteiger partial charge in [-0.15, -0.1) is 0 Å². The van der Waals surface area contributed by atoms with E-state index in [2.05, 4.69) is 31.2 Å². The van der Waals surface area contributed by atoms with Gasteiger partial charge in [-0.2, -0.15) is 5.26 Å². The third-order valence-corrected chi connectivity index (χ3v) is 2.57. The highest BCUT2D eigenvalue weighted by Crippen LogP contribution is 2.18. The predicted octanol–water partition coefficient (Wildman–Crippen LogP) is 3.66. The summed E-state index contributed by atoms with van der Waals surface area (Å²) in [6, 6.07) is 14.5. The van der Waals surface area contributed by atoms with Crippen molar-refractivity contribution in [3.05, 3.63) is 47.5 Å². The molecule has 0 atom stereocenters. The van der Waals surface area contributed by atoms with Crippen LogP contribution in [0.3, 0.4) is 0 Å². The molecule has 0 aliphatic heterocycles. The Labute approximate surface area is 90.0 Å². The molecule has 0 saturated heterocycles. The minimum Gasteiger partial charge on any atom is -0.192 e. The summed E-state index contributed by atoms with van der Waals surface area (Å²) in [6.45, 7) is 2.18. The van der Waals surface area contributed by atoms with Crippen molar-refractivity contribution in [3.63, 3.8) is 0 Å². The van der Waals surface area contributed by atoms with Gasteiger partial charge in [-0.3, -0.25) is 0 Å². The molecule has 74 valence electrons. The van der Waals surface area contributed by atoms with Crippen LogP contribution in [0.4, 0.5) is 0 Å². The van der Waals surface area contributed by atoms with Crippen LogP contribution >= 0.6 is 0 Å². The molecule has 0 unspecified atom stereocenters. The summed E-state index contributed by atoms with van der Waals surface area (Å²) in [5, 5.41) is 11.2. The lowest BCUT2D eigenvalue weighted by atomic mass is 10.0. The molecule has 0 amide bonds. The monoisotopic (exact) mass is 195 g/mol. The molecule has 0 aliphatic rings. The molecule has 1 heteroatoms. The molecular weight excluding hydrogens is 182 g/mol. The number of nitrogens with zero attached hydrogens (tertiary/aromatic N) is 1. The predicted molar refractivity (Wildman–Crippen MR) is 62.7 cm³/mol. The molecule has 0 radical (unpaired) electrons. The number of rotatable bonds is 2. The van der Waals surface area contributed by atoms with Crippen molar-refractivity contribution in [2.24, 2.45) is 0 Å². The Morgan fingerprint density at radius 2 is 1.87 bits per heavy atom. The Morgan fingerprint density at radius 3 is 2.60 bits per heavy atom. The van der Waals surface area contributed by atoms with Gasteiger partial charge in [-0.1, -0.05) is 37.6 Å². The van der Waals surface area contributed by atoms with Crippen molar-refractivity contribution in [2.45, 2.75) is 19.8 Å². The van der Waals surface area contributed by atoms with Crippen molar-refractivity contribution in [3.8, 4) is 6.07 Å². The first-order valence-corrected chi connectivity index (χ1v) is 5.26. The second kappa shape index (κ2) is 4.14. The lowest BCUT2D eigenvalue weighted by Gasteiger charge is -2.02. The molecule has 2 aromatic rings. The maximum atomic E-state index is 8.82. The first kappa shape index (κ1) is 9.73. The van der Waals surface area contributed by atoms with Crippen LogP contribution in [0.1, 0.15) is 24.5 Å². The lowest BCUT2D eigenvalue weighted by Crippen LogP contribution is -1.83. The molecule has 0 fully saturated rings. The molecule has 15 heavy (non-hydrogen) atoms. The third-order valence-electron chi connectivity index (χ3n) is 2.57. The maximum absolute atomic E-state index is 8.82. The fraction of sp³-hybridized carbons (Fsp3) is 0.214. The van der Waals surface area contributed by atoms with Crippen LogP contribution in [0.5, 0.6) is 0 Å². The summed E-state index contributed by atoms with van der Waals surface area (Å²) in [4.78, 5) is 0. The largest absolute Gasteiger partial charge is 0.192 e. The number of aryl methyl sites for hydroxylation is 1. The number of benzene rings is 2. The van der Waals surface area contributed by atoms with Crippen LogP contribution in [0.15, 0.2) is 36.4 Å². The Balaban J connectivity index is 2.54.